The van der Waals surface area contributed by atoms with Gasteiger partial charge in [0.05, 0.1) is 22.7 Å². The van der Waals surface area contributed by atoms with Gasteiger partial charge in [0.2, 0.25) is 0 Å². The van der Waals surface area contributed by atoms with Gasteiger partial charge in [0, 0.05) is 6.07 Å². The van der Waals surface area contributed by atoms with Crippen LogP contribution in [-0.2, 0) is 0 Å². The van der Waals surface area contributed by atoms with Crippen molar-refractivity contribution in [2.45, 2.75) is 0 Å². The molecule has 1 aromatic carbocycles. The third kappa shape index (κ3) is 4.92. The average molecular weight is 405 g/mol. The first kappa shape index (κ1) is 18.2. The van der Waals surface area contributed by atoms with Gasteiger partial charge in [-0.1, -0.05) is 5.92 Å². The molecule has 128 valence electrons. The van der Waals surface area contributed by atoms with E-state index in [1.165, 1.54) is 19.2 Å². The van der Waals surface area contributed by atoms with Gasteiger partial charge in [0.25, 0.3) is 5.69 Å². The molecule has 0 saturated heterocycles. The van der Waals surface area contributed by atoms with E-state index >= 15 is 0 Å². The number of aromatic nitrogens is 1. The van der Waals surface area contributed by atoms with Crippen LogP contribution in [0.25, 0.3) is 0 Å². The quantitative estimate of drug-likeness (QED) is 0.329. The number of hydrogen-bond acceptors (Lipinski definition) is 7. The second kappa shape index (κ2) is 8.65. The zero-order valence-electron chi connectivity index (χ0n) is 13.1. The number of anilines is 1. The number of hydrogen-bond donors (Lipinski definition) is 1. The summed E-state index contributed by atoms with van der Waals surface area (Å²) in [5, 5.41) is 14.6. The molecule has 9 heteroatoms. The second-order valence-electron chi connectivity index (χ2n) is 4.56. The molecule has 0 aliphatic heterocycles. The normalized spacial score (nSPS) is 10.3. The fraction of sp³-hybridized carbons (Fsp3) is 0.125. The van der Waals surface area contributed by atoms with Gasteiger partial charge in [-0.15, -0.1) is 6.42 Å². The predicted molar refractivity (Wildman–Crippen MR) is 97.1 cm³/mol. The van der Waals surface area contributed by atoms with Gasteiger partial charge < -0.3 is 9.47 Å². The molecule has 0 spiro atoms. The van der Waals surface area contributed by atoms with Gasteiger partial charge in [-0.2, -0.15) is 5.10 Å². The van der Waals surface area contributed by atoms with Crippen molar-refractivity contribution in [2.24, 2.45) is 5.10 Å². The summed E-state index contributed by atoms with van der Waals surface area (Å²) < 4.78 is 11.4. The van der Waals surface area contributed by atoms with Gasteiger partial charge in [-0.3, -0.25) is 15.5 Å². The predicted octanol–water partition coefficient (Wildman–Crippen LogP) is 3.22. The number of benzene rings is 1. The highest BCUT2D eigenvalue weighted by atomic mass is 79.9. The monoisotopic (exact) mass is 404 g/mol. The first-order valence-corrected chi connectivity index (χ1v) is 7.67. The third-order valence-corrected chi connectivity index (χ3v) is 3.49. The molecule has 2 aromatic rings. The number of nitrogens with one attached hydrogen (secondary N) is 1. The Bertz CT molecular complexity index is 831. The Hall–Kier alpha value is -3.12. The molecule has 1 N–H and O–H groups in total. The van der Waals surface area contributed by atoms with Crippen LogP contribution in [0.3, 0.4) is 0 Å². The van der Waals surface area contributed by atoms with Gasteiger partial charge in [0.1, 0.15) is 18.6 Å². The van der Waals surface area contributed by atoms with Crippen molar-refractivity contribution in [1.82, 2.24) is 4.98 Å². The molecular weight excluding hydrogens is 392 g/mol. The average Bonchev–Trinajstić information content (AvgIpc) is 2.61. The number of ether oxygens (including phenoxy) is 2. The van der Waals surface area contributed by atoms with Crippen LogP contribution in [-0.4, -0.2) is 29.8 Å². The molecule has 0 bridgehead atoms. The second-order valence-corrected chi connectivity index (χ2v) is 5.41. The summed E-state index contributed by atoms with van der Waals surface area (Å²) in [6.07, 6.45) is 7.88. The lowest BCUT2D eigenvalue weighted by molar-refractivity contribution is -0.385. The molecule has 0 saturated carbocycles. The number of halogens is 1. The molecule has 0 atom stereocenters. The summed E-state index contributed by atoms with van der Waals surface area (Å²) in [6, 6.07) is 6.30. The van der Waals surface area contributed by atoms with Crippen LogP contribution >= 0.6 is 15.9 Å². The Balaban J connectivity index is 2.11. The van der Waals surface area contributed by atoms with E-state index in [0.717, 1.165) is 11.8 Å². The number of methoxy groups -OCH3 is 1. The lowest BCUT2D eigenvalue weighted by Crippen LogP contribution is -1.99. The molecule has 0 aliphatic rings. The van der Waals surface area contributed by atoms with E-state index < -0.39 is 4.92 Å². The Morgan fingerprint density at radius 2 is 2.32 bits per heavy atom. The van der Waals surface area contributed by atoms with Crippen LogP contribution in [0.15, 0.2) is 40.0 Å². The summed E-state index contributed by atoms with van der Waals surface area (Å²) in [5.41, 5.74) is 3.32. The van der Waals surface area contributed by atoms with Crippen LogP contribution in [0, 0.1) is 22.5 Å². The maximum atomic E-state index is 10.6. The molecule has 0 fully saturated rings. The minimum absolute atomic E-state index is 0.0919. The first-order valence-electron chi connectivity index (χ1n) is 6.88. The molecular formula is C16H13BrN4O4. The molecule has 0 aliphatic carbocycles. The number of nitro groups is 1. The van der Waals surface area contributed by atoms with Crippen LogP contribution < -0.4 is 14.9 Å². The number of rotatable bonds is 7. The standard InChI is InChI=1S/C16H13BrN4O4/c1-3-6-25-16-13(17)7-11(8-14(16)24-2)9-19-20-15-5-4-12(10-18-15)21(22)23/h1,4-5,7-10H,6H2,2H3,(H,18,20). The number of pyridine rings is 1. The maximum Gasteiger partial charge on any atom is 0.287 e. The summed E-state index contributed by atoms with van der Waals surface area (Å²) >= 11 is 3.40. The molecule has 25 heavy (non-hydrogen) atoms. The Kier molecular flexibility index (Phi) is 6.31. The summed E-state index contributed by atoms with van der Waals surface area (Å²) in [4.78, 5) is 13.9. The smallest absolute Gasteiger partial charge is 0.287 e. The molecule has 0 radical (unpaired) electrons. The van der Waals surface area contributed by atoms with Crippen LogP contribution in [0.2, 0.25) is 0 Å². The van der Waals surface area contributed by atoms with Crippen molar-refractivity contribution in [1.29, 1.82) is 0 Å². The van der Waals surface area contributed by atoms with E-state index in [9.17, 15) is 10.1 Å². The van der Waals surface area contributed by atoms with Gasteiger partial charge in [-0.05, 0) is 39.7 Å². The number of nitrogens with zero attached hydrogens (tertiary/aromatic N) is 3. The van der Waals surface area contributed by atoms with Gasteiger partial charge >= 0.3 is 0 Å². The van der Waals surface area contributed by atoms with E-state index in [1.54, 1.807) is 18.3 Å². The first-order chi connectivity index (χ1) is 12.0. The summed E-state index contributed by atoms with van der Waals surface area (Å²) in [5.74, 6) is 3.77. The van der Waals surface area contributed by atoms with E-state index in [0.29, 0.717) is 21.8 Å². The van der Waals surface area contributed by atoms with Gasteiger partial charge in [-0.25, -0.2) is 4.98 Å². The van der Waals surface area contributed by atoms with Crippen LogP contribution in [0.1, 0.15) is 5.56 Å². The van der Waals surface area contributed by atoms with Crippen molar-refractivity contribution < 1.29 is 14.4 Å². The zero-order chi connectivity index (χ0) is 18.2. The van der Waals surface area contributed by atoms with Crippen molar-refractivity contribution in [3.05, 3.63) is 50.6 Å². The minimum Gasteiger partial charge on any atom is -0.493 e. The Morgan fingerprint density at radius 3 is 2.92 bits per heavy atom. The zero-order valence-corrected chi connectivity index (χ0v) is 14.7. The Labute approximate surface area is 152 Å². The highest BCUT2D eigenvalue weighted by Crippen LogP contribution is 2.36. The Morgan fingerprint density at radius 1 is 1.52 bits per heavy atom. The van der Waals surface area contributed by atoms with E-state index in [4.69, 9.17) is 15.9 Å². The molecule has 2 rings (SSSR count). The third-order valence-electron chi connectivity index (χ3n) is 2.90. The van der Waals surface area contributed by atoms with Crippen molar-refractivity contribution >= 4 is 33.6 Å². The SMILES string of the molecule is C#CCOc1c(Br)cc(C=NNc2ccc([N+](=O)[O-])cn2)cc1OC. The van der Waals surface area contributed by atoms with Crippen LogP contribution in [0.5, 0.6) is 11.5 Å². The van der Waals surface area contributed by atoms with Crippen molar-refractivity contribution in [3.63, 3.8) is 0 Å². The highest BCUT2D eigenvalue weighted by molar-refractivity contribution is 9.10. The summed E-state index contributed by atoms with van der Waals surface area (Å²) in [6.45, 7) is 0.121. The van der Waals surface area contributed by atoms with E-state index in [-0.39, 0.29) is 12.3 Å². The molecule has 0 unspecified atom stereocenters. The number of terminal acetylenes is 1. The van der Waals surface area contributed by atoms with Gasteiger partial charge in [0.15, 0.2) is 11.5 Å². The molecule has 0 amide bonds. The number of hydrazone groups is 1. The largest absolute Gasteiger partial charge is 0.493 e. The molecule has 8 nitrogen and oxygen atoms in total. The molecule has 1 heterocycles. The van der Waals surface area contributed by atoms with Crippen molar-refractivity contribution in [2.75, 3.05) is 19.1 Å². The topological polar surface area (TPSA) is 98.9 Å². The molecule has 1 aromatic heterocycles. The van der Waals surface area contributed by atoms with Crippen LogP contribution in [0.4, 0.5) is 11.5 Å². The van der Waals surface area contributed by atoms with Crippen molar-refractivity contribution in [3.8, 4) is 23.8 Å². The summed E-state index contributed by atoms with van der Waals surface area (Å²) in [7, 11) is 1.52. The lowest BCUT2D eigenvalue weighted by Gasteiger charge is -2.11. The minimum atomic E-state index is -0.520. The van der Waals surface area contributed by atoms with E-state index in [2.05, 4.69) is 37.4 Å². The fourth-order valence-corrected chi connectivity index (χ4v) is 2.38. The highest BCUT2D eigenvalue weighted by Gasteiger charge is 2.11. The lowest BCUT2D eigenvalue weighted by atomic mass is 10.2. The maximum absolute atomic E-state index is 10.6. The fourth-order valence-electron chi connectivity index (χ4n) is 1.80. The van der Waals surface area contributed by atoms with E-state index in [1.807, 2.05) is 0 Å².